The molecule has 4 rings (SSSR count). The van der Waals surface area contributed by atoms with E-state index in [1.807, 2.05) is 67.5 Å². The number of hydrogen-bond acceptors (Lipinski definition) is 4. The lowest BCUT2D eigenvalue weighted by atomic mass is 10.2. The van der Waals surface area contributed by atoms with E-state index in [-0.39, 0.29) is 5.91 Å². The molecule has 0 unspecified atom stereocenters. The predicted molar refractivity (Wildman–Crippen MR) is 119 cm³/mol. The highest BCUT2D eigenvalue weighted by atomic mass is 35.5. The predicted octanol–water partition coefficient (Wildman–Crippen LogP) is 6.17. The molecule has 3 aromatic heterocycles. The van der Waals surface area contributed by atoms with Crippen molar-refractivity contribution in [3.8, 4) is 0 Å². The number of anilines is 1. The van der Waals surface area contributed by atoms with Crippen molar-refractivity contribution in [2.45, 2.75) is 26.8 Å². The van der Waals surface area contributed by atoms with Gasteiger partial charge in [0.25, 0.3) is 5.91 Å². The second-order valence-electron chi connectivity index (χ2n) is 6.71. The average Bonchev–Trinajstić information content (AvgIpc) is 3.38. The fourth-order valence-electron chi connectivity index (χ4n) is 3.16. The van der Waals surface area contributed by atoms with Crippen LogP contribution in [-0.4, -0.2) is 22.0 Å². The van der Waals surface area contributed by atoms with Crippen molar-refractivity contribution in [2.24, 2.45) is 0 Å². The Kier molecular flexibility index (Phi) is 5.53. The molecule has 28 heavy (non-hydrogen) atoms. The number of thiophene rings is 1. The van der Waals surface area contributed by atoms with Crippen LogP contribution in [0.3, 0.4) is 0 Å². The minimum Gasteiger partial charge on any atom is -0.354 e. The molecule has 0 aliphatic heterocycles. The molecule has 0 aliphatic rings. The molecule has 1 amide bonds. The molecule has 144 valence electrons. The van der Waals surface area contributed by atoms with Crippen molar-refractivity contribution in [1.82, 2.24) is 9.55 Å². The van der Waals surface area contributed by atoms with Crippen LogP contribution in [-0.2, 0) is 6.54 Å². The number of hydrogen-bond donors (Lipinski definition) is 0. The van der Waals surface area contributed by atoms with Gasteiger partial charge in [-0.15, -0.1) is 11.3 Å². The first-order valence-corrected chi connectivity index (χ1v) is 11.1. The van der Waals surface area contributed by atoms with Gasteiger partial charge < -0.3 is 4.57 Å². The largest absolute Gasteiger partial charge is 0.354 e. The van der Waals surface area contributed by atoms with Crippen molar-refractivity contribution < 1.29 is 4.79 Å². The van der Waals surface area contributed by atoms with Crippen molar-refractivity contribution in [2.75, 3.05) is 11.4 Å². The molecule has 0 N–H and O–H groups in total. The smallest absolute Gasteiger partial charge is 0.270 e. The van der Waals surface area contributed by atoms with Crippen LogP contribution in [0.1, 0.15) is 26.5 Å². The summed E-state index contributed by atoms with van der Waals surface area (Å²) in [6.07, 6.45) is 4.93. The first kappa shape index (κ1) is 19.2. The Labute approximate surface area is 177 Å². The molecule has 0 fully saturated rings. The molecule has 0 bridgehead atoms. The second-order valence-corrected chi connectivity index (χ2v) is 9.44. The van der Waals surface area contributed by atoms with Crippen LogP contribution in [0.15, 0.2) is 48.8 Å². The van der Waals surface area contributed by atoms with E-state index in [0.717, 1.165) is 43.6 Å². The molecular formula is C21H20ClN3OS2. The van der Waals surface area contributed by atoms with Crippen LogP contribution in [0.2, 0.25) is 5.02 Å². The lowest BCUT2D eigenvalue weighted by Crippen LogP contribution is -2.31. The number of benzene rings is 1. The summed E-state index contributed by atoms with van der Waals surface area (Å²) in [7, 11) is 0. The molecule has 4 nitrogen and oxygen atoms in total. The molecule has 0 radical (unpaired) electrons. The van der Waals surface area contributed by atoms with Gasteiger partial charge in [0.1, 0.15) is 0 Å². The van der Waals surface area contributed by atoms with E-state index in [9.17, 15) is 4.79 Å². The van der Waals surface area contributed by atoms with Crippen LogP contribution in [0, 0.1) is 13.8 Å². The van der Waals surface area contributed by atoms with Crippen LogP contribution in [0.4, 0.5) is 5.13 Å². The number of halogens is 1. The summed E-state index contributed by atoms with van der Waals surface area (Å²) >= 11 is 9.25. The number of carbonyl (C=O) groups excluding carboxylic acids is 1. The molecule has 7 heteroatoms. The standard InChI is InChI=1S/C21H20ClN3OS2/c1-14-12-16(22)13-18-19(14)23-21(28-18)25(11-5-10-24-8-3-4-9-24)20(26)17-7-6-15(2)27-17/h3-4,6-9,12-13H,5,10-11H2,1-2H3. The third-order valence-electron chi connectivity index (χ3n) is 4.53. The maximum Gasteiger partial charge on any atom is 0.270 e. The Balaban J connectivity index is 1.65. The Morgan fingerprint density at radius 2 is 1.96 bits per heavy atom. The van der Waals surface area contributed by atoms with Gasteiger partial charge >= 0.3 is 0 Å². The van der Waals surface area contributed by atoms with Crippen LogP contribution >= 0.6 is 34.3 Å². The van der Waals surface area contributed by atoms with Gasteiger partial charge in [-0.05, 0) is 62.2 Å². The van der Waals surface area contributed by atoms with Gasteiger partial charge in [0, 0.05) is 35.4 Å². The highest BCUT2D eigenvalue weighted by molar-refractivity contribution is 7.22. The van der Waals surface area contributed by atoms with Crippen LogP contribution in [0.25, 0.3) is 10.2 Å². The number of rotatable bonds is 6. The maximum absolute atomic E-state index is 13.2. The summed E-state index contributed by atoms with van der Waals surface area (Å²) in [4.78, 5) is 21.7. The molecule has 0 saturated heterocycles. The zero-order chi connectivity index (χ0) is 19.7. The average molecular weight is 430 g/mol. The number of aromatic nitrogens is 2. The van der Waals surface area contributed by atoms with Gasteiger partial charge in [-0.2, -0.15) is 0 Å². The highest BCUT2D eigenvalue weighted by Crippen LogP contribution is 2.34. The monoisotopic (exact) mass is 429 g/mol. The van der Waals surface area contributed by atoms with Crippen LogP contribution < -0.4 is 4.90 Å². The molecule has 0 aliphatic carbocycles. The first-order chi connectivity index (χ1) is 13.5. The Bertz CT molecular complexity index is 1110. The SMILES string of the molecule is Cc1ccc(C(=O)N(CCCn2cccc2)c2nc3c(C)cc(Cl)cc3s2)s1. The van der Waals surface area contributed by atoms with E-state index < -0.39 is 0 Å². The van der Waals surface area contributed by atoms with Crippen molar-refractivity contribution in [3.63, 3.8) is 0 Å². The third-order valence-corrected chi connectivity index (χ3v) is 6.76. The molecule has 1 aromatic carbocycles. The second kappa shape index (κ2) is 8.07. The molecule has 0 saturated carbocycles. The fraction of sp³-hybridized carbons (Fsp3) is 0.238. The van der Waals surface area contributed by atoms with Gasteiger partial charge in [-0.1, -0.05) is 22.9 Å². The summed E-state index contributed by atoms with van der Waals surface area (Å²) in [6.45, 7) is 5.48. The van der Waals surface area contributed by atoms with E-state index in [0.29, 0.717) is 11.6 Å². The number of nitrogens with zero attached hydrogens (tertiary/aromatic N) is 3. The summed E-state index contributed by atoms with van der Waals surface area (Å²) in [5.41, 5.74) is 1.94. The Morgan fingerprint density at radius 1 is 1.18 bits per heavy atom. The number of amides is 1. The van der Waals surface area contributed by atoms with E-state index in [4.69, 9.17) is 16.6 Å². The molecule has 0 atom stereocenters. The van der Waals surface area contributed by atoms with E-state index in [1.54, 1.807) is 0 Å². The summed E-state index contributed by atoms with van der Waals surface area (Å²) in [6, 6.07) is 11.7. The third kappa shape index (κ3) is 3.99. The van der Waals surface area contributed by atoms with E-state index in [1.165, 1.54) is 22.7 Å². The maximum atomic E-state index is 13.2. The van der Waals surface area contributed by atoms with Crippen molar-refractivity contribution >= 4 is 55.5 Å². The van der Waals surface area contributed by atoms with E-state index >= 15 is 0 Å². The van der Waals surface area contributed by atoms with Gasteiger partial charge in [-0.25, -0.2) is 4.98 Å². The lowest BCUT2D eigenvalue weighted by molar-refractivity contribution is 0.0990. The van der Waals surface area contributed by atoms with Crippen LogP contribution in [0.5, 0.6) is 0 Å². The molecule has 4 aromatic rings. The number of aryl methyl sites for hydroxylation is 3. The minimum absolute atomic E-state index is 0.00779. The summed E-state index contributed by atoms with van der Waals surface area (Å²) < 4.78 is 3.13. The topological polar surface area (TPSA) is 38.1 Å². The minimum atomic E-state index is 0.00779. The Morgan fingerprint density at radius 3 is 2.68 bits per heavy atom. The van der Waals surface area contributed by atoms with Gasteiger partial charge in [0.15, 0.2) is 5.13 Å². The molecule has 0 spiro atoms. The normalized spacial score (nSPS) is 11.2. The van der Waals surface area contributed by atoms with Crippen molar-refractivity contribution in [3.05, 3.63) is 69.1 Å². The summed E-state index contributed by atoms with van der Waals surface area (Å²) in [5.74, 6) is 0.00779. The quantitative estimate of drug-likeness (QED) is 0.367. The fourth-order valence-corrected chi connectivity index (χ4v) is 5.42. The first-order valence-electron chi connectivity index (χ1n) is 9.07. The van der Waals surface area contributed by atoms with Gasteiger partial charge in [0.2, 0.25) is 0 Å². The highest BCUT2D eigenvalue weighted by Gasteiger charge is 2.22. The number of carbonyl (C=O) groups is 1. The summed E-state index contributed by atoms with van der Waals surface area (Å²) in [5, 5.41) is 1.42. The number of fused-ring (bicyclic) bond motifs is 1. The van der Waals surface area contributed by atoms with Gasteiger partial charge in [0.05, 0.1) is 15.1 Å². The van der Waals surface area contributed by atoms with Crippen molar-refractivity contribution in [1.29, 1.82) is 0 Å². The zero-order valence-electron chi connectivity index (χ0n) is 15.7. The number of thiazole rings is 1. The zero-order valence-corrected chi connectivity index (χ0v) is 18.1. The van der Waals surface area contributed by atoms with E-state index in [2.05, 4.69) is 4.57 Å². The Hall–Kier alpha value is -2.15. The molecular weight excluding hydrogens is 410 g/mol. The lowest BCUT2D eigenvalue weighted by Gasteiger charge is -2.19. The molecule has 3 heterocycles. The van der Waals surface area contributed by atoms with Gasteiger partial charge in [-0.3, -0.25) is 9.69 Å².